The summed E-state index contributed by atoms with van der Waals surface area (Å²) < 4.78 is 39.7. The van der Waals surface area contributed by atoms with Crippen molar-refractivity contribution in [1.82, 2.24) is 15.2 Å². The van der Waals surface area contributed by atoms with Crippen molar-refractivity contribution in [2.45, 2.75) is 37.9 Å². The zero-order valence-electron chi connectivity index (χ0n) is 12.6. The second-order valence-electron chi connectivity index (χ2n) is 5.51. The molecular formula is C15H15F3N4OS. The highest BCUT2D eigenvalue weighted by Crippen LogP contribution is 2.42. The number of hydrogen-bond donors (Lipinski definition) is 1. The van der Waals surface area contributed by atoms with Gasteiger partial charge in [0.2, 0.25) is 5.91 Å². The monoisotopic (exact) mass is 356 g/mol. The number of hydrogen-bond acceptors (Lipinski definition) is 4. The van der Waals surface area contributed by atoms with E-state index in [0.717, 1.165) is 23.8 Å². The number of carbonyl (C=O) groups is 1. The molecule has 3 rings (SSSR count). The number of aromatic nitrogens is 2. The van der Waals surface area contributed by atoms with E-state index in [1.54, 1.807) is 0 Å². The summed E-state index contributed by atoms with van der Waals surface area (Å²) in [6.45, 7) is 0.0995. The molecule has 24 heavy (non-hydrogen) atoms. The van der Waals surface area contributed by atoms with Gasteiger partial charge in [0.15, 0.2) is 5.69 Å². The highest BCUT2D eigenvalue weighted by Gasteiger charge is 2.37. The lowest BCUT2D eigenvalue weighted by molar-refractivity contribution is -0.141. The van der Waals surface area contributed by atoms with Gasteiger partial charge in [-0.2, -0.15) is 23.4 Å². The molecule has 0 radical (unpaired) electrons. The van der Waals surface area contributed by atoms with Crippen LogP contribution in [0.3, 0.4) is 0 Å². The summed E-state index contributed by atoms with van der Waals surface area (Å²) in [4.78, 5) is 12.7. The van der Waals surface area contributed by atoms with Gasteiger partial charge in [-0.05, 0) is 30.4 Å². The average Bonchev–Trinajstić information content (AvgIpc) is 3.06. The third kappa shape index (κ3) is 4.22. The number of nitrogens with zero attached hydrogens (tertiary/aromatic N) is 3. The molecule has 1 saturated carbocycles. The van der Waals surface area contributed by atoms with Crippen LogP contribution in [0.1, 0.15) is 41.4 Å². The van der Waals surface area contributed by atoms with Crippen molar-refractivity contribution in [3.63, 3.8) is 0 Å². The van der Waals surface area contributed by atoms with Gasteiger partial charge >= 0.3 is 6.18 Å². The minimum atomic E-state index is -4.47. The molecule has 0 bridgehead atoms. The van der Waals surface area contributed by atoms with Crippen LogP contribution in [-0.2, 0) is 17.5 Å². The maximum atomic E-state index is 12.8. The van der Waals surface area contributed by atoms with Crippen molar-refractivity contribution < 1.29 is 18.0 Å². The van der Waals surface area contributed by atoms with Gasteiger partial charge in [-0.25, -0.2) is 5.43 Å². The number of hydrazone groups is 1. The first kappa shape index (κ1) is 16.7. The summed E-state index contributed by atoms with van der Waals surface area (Å²) in [7, 11) is 0. The average molecular weight is 356 g/mol. The van der Waals surface area contributed by atoms with E-state index >= 15 is 0 Å². The Hall–Kier alpha value is -2.16. The number of rotatable bonds is 6. The number of amides is 1. The fourth-order valence-corrected chi connectivity index (χ4v) is 2.84. The minimum absolute atomic E-state index is 0.0144. The third-order valence-electron chi connectivity index (χ3n) is 3.57. The van der Waals surface area contributed by atoms with Crippen LogP contribution in [0.4, 0.5) is 13.2 Å². The molecule has 5 nitrogen and oxygen atoms in total. The van der Waals surface area contributed by atoms with E-state index in [-0.39, 0.29) is 24.8 Å². The Kier molecular flexibility index (Phi) is 4.70. The number of alkyl halides is 3. The molecule has 1 aliphatic rings. The predicted molar refractivity (Wildman–Crippen MR) is 83.9 cm³/mol. The SMILES string of the molecule is O=C(CCn1nc(C(F)(F)F)cc1C1CC1)N/N=C\c1cccs1. The van der Waals surface area contributed by atoms with Crippen LogP contribution in [0.25, 0.3) is 0 Å². The first-order valence-electron chi connectivity index (χ1n) is 7.44. The van der Waals surface area contributed by atoms with Crippen LogP contribution >= 0.6 is 11.3 Å². The maximum Gasteiger partial charge on any atom is 0.435 e. The summed E-state index contributed by atoms with van der Waals surface area (Å²) in [6, 6.07) is 4.80. The molecule has 0 atom stereocenters. The molecule has 1 aliphatic carbocycles. The predicted octanol–water partition coefficient (Wildman–Crippen LogP) is 3.38. The van der Waals surface area contributed by atoms with Crippen LogP contribution in [0, 0.1) is 0 Å². The molecule has 1 N–H and O–H groups in total. The van der Waals surface area contributed by atoms with Crippen LogP contribution in [0.5, 0.6) is 0 Å². The van der Waals surface area contributed by atoms with Gasteiger partial charge in [0.1, 0.15) is 0 Å². The molecule has 0 saturated heterocycles. The molecular weight excluding hydrogens is 341 g/mol. The van der Waals surface area contributed by atoms with E-state index in [1.165, 1.54) is 22.2 Å². The zero-order chi connectivity index (χ0) is 17.2. The second kappa shape index (κ2) is 6.76. The van der Waals surface area contributed by atoms with Gasteiger partial charge in [-0.3, -0.25) is 9.48 Å². The molecule has 0 unspecified atom stereocenters. The van der Waals surface area contributed by atoms with Crippen molar-refractivity contribution in [3.05, 3.63) is 39.8 Å². The first-order chi connectivity index (χ1) is 11.4. The second-order valence-corrected chi connectivity index (χ2v) is 6.49. The normalized spacial score (nSPS) is 15.1. The van der Waals surface area contributed by atoms with Crippen molar-refractivity contribution in [2.75, 3.05) is 0 Å². The summed E-state index contributed by atoms with van der Waals surface area (Å²) in [5.41, 5.74) is 2.02. The Balaban J connectivity index is 1.57. The molecule has 1 fully saturated rings. The number of nitrogens with one attached hydrogen (secondary N) is 1. The lowest BCUT2D eigenvalue weighted by atomic mass is 10.2. The van der Waals surface area contributed by atoms with Crippen LogP contribution < -0.4 is 5.43 Å². The molecule has 128 valence electrons. The maximum absolute atomic E-state index is 12.8. The highest BCUT2D eigenvalue weighted by molar-refractivity contribution is 7.11. The lowest BCUT2D eigenvalue weighted by Crippen LogP contribution is -2.20. The largest absolute Gasteiger partial charge is 0.435 e. The van der Waals surface area contributed by atoms with Crippen molar-refractivity contribution >= 4 is 23.5 Å². The summed E-state index contributed by atoms with van der Waals surface area (Å²) in [6.07, 6.45) is -1.21. The smallest absolute Gasteiger partial charge is 0.273 e. The molecule has 1 amide bonds. The minimum Gasteiger partial charge on any atom is -0.273 e. The van der Waals surface area contributed by atoms with Gasteiger partial charge in [0.25, 0.3) is 0 Å². The fourth-order valence-electron chi connectivity index (χ4n) is 2.25. The lowest BCUT2D eigenvalue weighted by Gasteiger charge is -2.05. The van der Waals surface area contributed by atoms with Gasteiger partial charge in [-0.1, -0.05) is 6.07 Å². The number of halogens is 3. The van der Waals surface area contributed by atoms with E-state index in [1.807, 2.05) is 17.5 Å². The molecule has 2 heterocycles. The summed E-state index contributed by atoms with van der Waals surface area (Å²) in [5, 5.41) is 9.31. The molecule has 2 aromatic heterocycles. The van der Waals surface area contributed by atoms with Gasteiger partial charge < -0.3 is 0 Å². The standard InChI is InChI=1S/C15H15F3N4OS/c16-15(17,18)13-8-12(10-3-4-10)22(21-13)6-5-14(23)20-19-9-11-2-1-7-24-11/h1-2,7-10H,3-6H2,(H,20,23)/b19-9-. The summed E-state index contributed by atoms with van der Waals surface area (Å²) >= 11 is 1.48. The first-order valence-corrected chi connectivity index (χ1v) is 8.32. The van der Waals surface area contributed by atoms with E-state index in [0.29, 0.717) is 5.69 Å². The van der Waals surface area contributed by atoms with Crippen molar-refractivity contribution in [3.8, 4) is 0 Å². The molecule has 0 aliphatic heterocycles. The topological polar surface area (TPSA) is 59.3 Å². The molecule has 0 spiro atoms. The molecule has 9 heteroatoms. The van der Waals surface area contributed by atoms with Crippen molar-refractivity contribution in [2.24, 2.45) is 5.10 Å². The third-order valence-corrected chi connectivity index (χ3v) is 4.38. The van der Waals surface area contributed by atoms with E-state index < -0.39 is 11.9 Å². The quantitative estimate of drug-likeness (QED) is 0.637. The zero-order valence-corrected chi connectivity index (χ0v) is 13.4. The van der Waals surface area contributed by atoms with Crippen LogP contribution in [0.2, 0.25) is 0 Å². The Morgan fingerprint density at radius 3 is 2.92 bits per heavy atom. The van der Waals surface area contributed by atoms with E-state index in [2.05, 4.69) is 15.6 Å². The van der Waals surface area contributed by atoms with Gasteiger partial charge in [0, 0.05) is 22.9 Å². The van der Waals surface area contributed by atoms with Crippen LogP contribution in [-0.4, -0.2) is 21.9 Å². The number of aryl methyl sites for hydroxylation is 1. The Labute approximate surface area is 140 Å². The Morgan fingerprint density at radius 2 is 2.29 bits per heavy atom. The van der Waals surface area contributed by atoms with Gasteiger partial charge in [-0.15, -0.1) is 11.3 Å². The van der Waals surface area contributed by atoms with Gasteiger partial charge in [0.05, 0.1) is 12.8 Å². The van der Waals surface area contributed by atoms with Crippen molar-refractivity contribution in [1.29, 1.82) is 0 Å². The number of thiophene rings is 1. The highest BCUT2D eigenvalue weighted by atomic mass is 32.1. The van der Waals surface area contributed by atoms with Crippen LogP contribution in [0.15, 0.2) is 28.7 Å². The Morgan fingerprint density at radius 1 is 1.50 bits per heavy atom. The fraction of sp³-hybridized carbons (Fsp3) is 0.400. The molecule has 0 aromatic carbocycles. The van der Waals surface area contributed by atoms with E-state index in [9.17, 15) is 18.0 Å². The summed E-state index contributed by atoms with van der Waals surface area (Å²) in [5.74, 6) is -0.248. The molecule has 2 aromatic rings. The Bertz CT molecular complexity index is 732. The van der Waals surface area contributed by atoms with E-state index in [4.69, 9.17) is 0 Å². The number of carbonyl (C=O) groups excluding carboxylic acids is 1.